The van der Waals surface area contributed by atoms with Crippen molar-refractivity contribution in [2.45, 2.75) is 0 Å². The van der Waals surface area contributed by atoms with Crippen LogP contribution in [-0.2, 0) is 0 Å². The molecular weight excluding hydrogens is 325 g/mol. The van der Waals surface area contributed by atoms with Crippen molar-refractivity contribution in [2.24, 2.45) is 0 Å². The van der Waals surface area contributed by atoms with Crippen molar-refractivity contribution in [3.8, 4) is 11.1 Å². The molecule has 2 rings (SSSR count). The zero-order valence-corrected chi connectivity index (χ0v) is 11.6. The van der Waals surface area contributed by atoms with Crippen LogP contribution in [-0.4, -0.2) is 13.0 Å². The number of nitrogens with one attached hydrogen (secondary N) is 1. The molecule has 0 fully saturated rings. The Bertz CT molecular complexity index is 537. The molecule has 2 aromatic carbocycles. The number of hydrogen-bond donors (Lipinski definition) is 1. The van der Waals surface area contributed by atoms with E-state index in [2.05, 4.69) is 27.9 Å². The molecule has 0 aromatic heterocycles. The lowest BCUT2D eigenvalue weighted by molar-refractivity contribution is 0.0963. The molecule has 0 saturated heterocycles. The van der Waals surface area contributed by atoms with Crippen molar-refractivity contribution < 1.29 is 4.79 Å². The molecule has 0 aliphatic rings. The van der Waals surface area contributed by atoms with Crippen LogP contribution in [0.15, 0.2) is 48.5 Å². The molecule has 0 aliphatic heterocycles. The minimum absolute atomic E-state index is 0.0553. The summed E-state index contributed by atoms with van der Waals surface area (Å²) in [6.07, 6.45) is 0. The van der Waals surface area contributed by atoms with E-state index in [1.54, 1.807) is 7.05 Å². The fourth-order valence-corrected chi connectivity index (χ4v) is 2.20. The Kier molecular flexibility index (Phi) is 3.78. The quantitative estimate of drug-likeness (QED) is 0.837. The van der Waals surface area contributed by atoms with Crippen LogP contribution in [0.4, 0.5) is 0 Å². The van der Waals surface area contributed by atoms with Gasteiger partial charge in [0.2, 0.25) is 0 Å². The Hall–Kier alpha value is -1.36. The highest BCUT2D eigenvalue weighted by Gasteiger charge is 2.11. The Balaban J connectivity index is 2.59. The van der Waals surface area contributed by atoms with Gasteiger partial charge >= 0.3 is 0 Å². The monoisotopic (exact) mass is 337 g/mol. The van der Waals surface area contributed by atoms with E-state index in [0.29, 0.717) is 5.56 Å². The molecule has 0 bridgehead atoms. The highest BCUT2D eigenvalue weighted by molar-refractivity contribution is 14.1. The molecule has 0 atom stereocenters. The second-order valence-corrected chi connectivity index (χ2v) is 4.88. The maximum absolute atomic E-state index is 11.8. The van der Waals surface area contributed by atoms with Crippen molar-refractivity contribution in [3.05, 3.63) is 57.7 Å². The van der Waals surface area contributed by atoms with Crippen LogP contribution in [0.25, 0.3) is 11.1 Å². The maximum Gasteiger partial charge on any atom is 0.251 e. The Labute approximate surface area is 114 Å². The first-order valence-electron chi connectivity index (χ1n) is 5.29. The summed E-state index contributed by atoms with van der Waals surface area (Å²) in [5, 5.41) is 2.67. The van der Waals surface area contributed by atoms with Gasteiger partial charge in [-0.15, -0.1) is 0 Å². The van der Waals surface area contributed by atoms with Crippen LogP contribution >= 0.6 is 22.6 Å². The minimum atomic E-state index is -0.0553. The SMILES string of the molecule is CNC(=O)c1ccc(I)cc1-c1ccccc1. The largest absolute Gasteiger partial charge is 0.355 e. The molecule has 0 saturated carbocycles. The van der Waals surface area contributed by atoms with Crippen LogP contribution in [0.1, 0.15) is 10.4 Å². The molecule has 3 heteroatoms. The molecule has 17 heavy (non-hydrogen) atoms. The second kappa shape index (κ2) is 5.31. The number of rotatable bonds is 2. The van der Waals surface area contributed by atoms with Gasteiger partial charge in [-0.3, -0.25) is 4.79 Å². The van der Waals surface area contributed by atoms with E-state index < -0.39 is 0 Å². The second-order valence-electron chi connectivity index (χ2n) is 3.64. The lowest BCUT2D eigenvalue weighted by atomic mass is 9.99. The van der Waals surface area contributed by atoms with Gasteiger partial charge in [-0.2, -0.15) is 0 Å². The smallest absolute Gasteiger partial charge is 0.251 e. The molecule has 2 aromatic rings. The van der Waals surface area contributed by atoms with Gasteiger partial charge in [0.1, 0.15) is 0 Å². The molecule has 0 aliphatic carbocycles. The highest BCUT2D eigenvalue weighted by atomic mass is 127. The van der Waals surface area contributed by atoms with Crippen molar-refractivity contribution in [3.63, 3.8) is 0 Å². The third kappa shape index (κ3) is 2.66. The molecule has 0 heterocycles. The van der Waals surface area contributed by atoms with Crippen LogP contribution in [0.2, 0.25) is 0 Å². The van der Waals surface area contributed by atoms with Crippen molar-refractivity contribution in [1.82, 2.24) is 5.32 Å². The molecule has 2 nitrogen and oxygen atoms in total. The molecule has 0 radical (unpaired) electrons. The average molecular weight is 337 g/mol. The minimum Gasteiger partial charge on any atom is -0.355 e. The van der Waals surface area contributed by atoms with Gasteiger partial charge in [-0.25, -0.2) is 0 Å². The van der Waals surface area contributed by atoms with E-state index in [4.69, 9.17) is 0 Å². The summed E-state index contributed by atoms with van der Waals surface area (Å²) in [5.74, 6) is -0.0553. The van der Waals surface area contributed by atoms with Crippen LogP contribution in [0, 0.1) is 3.57 Å². The van der Waals surface area contributed by atoms with Gasteiger partial charge in [0.05, 0.1) is 0 Å². The zero-order chi connectivity index (χ0) is 12.3. The summed E-state index contributed by atoms with van der Waals surface area (Å²) in [5.41, 5.74) is 2.74. The standard InChI is InChI=1S/C14H12INO/c1-16-14(17)12-8-7-11(15)9-13(12)10-5-3-2-4-6-10/h2-9H,1H3,(H,16,17). The van der Waals surface area contributed by atoms with E-state index in [1.165, 1.54) is 0 Å². The Morgan fingerprint density at radius 2 is 1.82 bits per heavy atom. The molecule has 1 amide bonds. The fraction of sp³-hybridized carbons (Fsp3) is 0.0714. The third-order valence-corrected chi connectivity index (χ3v) is 3.21. The van der Waals surface area contributed by atoms with E-state index in [-0.39, 0.29) is 5.91 Å². The van der Waals surface area contributed by atoms with E-state index in [9.17, 15) is 4.79 Å². The van der Waals surface area contributed by atoms with Crippen molar-refractivity contribution >= 4 is 28.5 Å². The summed E-state index contributed by atoms with van der Waals surface area (Å²) in [7, 11) is 1.65. The average Bonchev–Trinajstić information content (AvgIpc) is 2.39. The van der Waals surface area contributed by atoms with Crippen LogP contribution in [0.3, 0.4) is 0 Å². The fourth-order valence-electron chi connectivity index (χ4n) is 1.71. The number of amides is 1. The first kappa shape index (κ1) is 12.1. The highest BCUT2D eigenvalue weighted by Crippen LogP contribution is 2.25. The van der Waals surface area contributed by atoms with Gasteiger partial charge in [-0.05, 0) is 51.9 Å². The van der Waals surface area contributed by atoms with E-state index in [0.717, 1.165) is 14.7 Å². The van der Waals surface area contributed by atoms with Gasteiger partial charge in [-0.1, -0.05) is 30.3 Å². The Morgan fingerprint density at radius 3 is 2.47 bits per heavy atom. The molecule has 0 unspecified atom stereocenters. The molecule has 0 spiro atoms. The predicted octanol–water partition coefficient (Wildman–Crippen LogP) is 3.32. The summed E-state index contributed by atoms with van der Waals surface area (Å²) < 4.78 is 1.12. The first-order valence-corrected chi connectivity index (χ1v) is 6.37. The van der Waals surface area contributed by atoms with Gasteiger partial charge in [0.25, 0.3) is 5.91 Å². The predicted molar refractivity (Wildman–Crippen MR) is 78.0 cm³/mol. The summed E-state index contributed by atoms with van der Waals surface area (Å²) >= 11 is 2.25. The van der Waals surface area contributed by atoms with Gasteiger partial charge in [0, 0.05) is 16.2 Å². The third-order valence-electron chi connectivity index (χ3n) is 2.54. The summed E-state index contributed by atoms with van der Waals surface area (Å²) in [6, 6.07) is 15.8. The lowest BCUT2D eigenvalue weighted by Gasteiger charge is -2.09. The molecular formula is C14H12INO. The lowest BCUT2D eigenvalue weighted by Crippen LogP contribution is -2.18. The van der Waals surface area contributed by atoms with Crippen LogP contribution in [0.5, 0.6) is 0 Å². The number of carbonyl (C=O) groups excluding carboxylic acids is 1. The molecule has 1 N–H and O–H groups in total. The topological polar surface area (TPSA) is 29.1 Å². The zero-order valence-electron chi connectivity index (χ0n) is 9.41. The summed E-state index contributed by atoms with van der Waals surface area (Å²) in [4.78, 5) is 11.8. The van der Waals surface area contributed by atoms with Gasteiger partial charge in [0.15, 0.2) is 0 Å². The van der Waals surface area contributed by atoms with Crippen LogP contribution < -0.4 is 5.32 Å². The Morgan fingerprint density at radius 1 is 1.12 bits per heavy atom. The number of carbonyl (C=O) groups is 1. The summed E-state index contributed by atoms with van der Waals surface area (Å²) in [6.45, 7) is 0. The number of halogens is 1. The number of hydrogen-bond acceptors (Lipinski definition) is 1. The van der Waals surface area contributed by atoms with E-state index in [1.807, 2.05) is 48.5 Å². The number of benzene rings is 2. The first-order chi connectivity index (χ1) is 8.22. The van der Waals surface area contributed by atoms with Gasteiger partial charge < -0.3 is 5.32 Å². The van der Waals surface area contributed by atoms with E-state index >= 15 is 0 Å². The normalized spacial score (nSPS) is 10.0. The van der Waals surface area contributed by atoms with Crippen molar-refractivity contribution in [2.75, 3.05) is 7.05 Å². The van der Waals surface area contributed by atoms with Crippen molar-refractivity contribution in [1.29, 1.82) is 0 Å². The molecule has 86 valence electrons. The maximum atomic E-state index is 11.8.